The van der Waals surface area contributed by atoms with Crippen molar-refractivity contribution in [2.45, 2.75) is 26.3 Å². The summed E-state index contributed by atoms with van der Waals surface area (Å²) in [5, 5.41) is 7.35. The number of fused-ring (bicyclic) bond motifs is 1. The Morgan fingerprint density at radius 1 is 1.35 bits per heavy atom. The molecule has 0 saturated heterocycles. The predicted molar refractivity (Wildman–Crippen MR) is 85.8 cm³/mol. The molecule has 0 saturated carbocycles. The van der Waals surface area contributed by atoms with E-state index in [1.807, 2.05) is 13.8 Å². The Morgan fingerprint density at radius 3 is 2.91 bits per heavy atom. The monoisotopic (exact) mass is 310 g/mol. The molecule has 3 aromatic rings. The lowest BCUT2D eigenvalue weighted by Gasteiger charge is -2.11. The summed E-state index contributed by atoms with van der Waals surface area (Å²) in [6, 6.07) is -0.152. The summed E-state index contributed by atoms with van der Waals surface area (Å²) < 4.78 is 7.24. The maximum atomic E-state index is 5.55. The molecule has 1 atom stereocenters. The van der Waals surface area contributed by atoms with Gasteiger partial charge in [-0.2, -0.15) is 5.10 Å². The molecule has 1 unspecified atom stereocenters. The van der Waals surface area contributed by atoms with Crippen LogP contribution in [0.4, 0.5) is 0 Å². The van der Waals surface area contributed by atoms with Crippen LogP contribution in [-0.4, -0.2) is 24.6 Å². The number of hydrogen-bond acceptors (Lipinski definition) is 6. The molecule has 0 aliphatic carbocycles. The molecule has 23 heavy (non-hydrogen) atoms. The van der Waals surface area contributed by atoms with E-state index in [0.29, 0.717) is 12.2 Å². The van der Waals surface area contributed by atoms with E-state index in [-0.39, 0.29) is 6.04 Å². The molecule has 0 radical (unpaired) electrons. The van der Waals surface area contributed by atoms with Crippen molar-refractivity contribution < 1.29 is 4.42 Å². The van der Waals surface area contributed by atoms with Crippen LogP contribution in [0.3, 0.4) is 0 Å². The fourth-order valence-corrected chi connectivity index (χ4v) is 2.50. The summed E-state index contributed by atoms with van der Waals surface area (Å²) in [6.07, 6.45) is 6.99. The van der Waals surface area contributed by atoms with Crippen LogP contribution in [0.5, 0.6) is 0 Å². The van der Waals surface area contributed by atoms with Crippen LogP contribution < -0.4 is 5.32 Å². The average molecular weight is 310 g/mol. The molecule has 0 amide bonds. The van der Waals surface area contributed by atoms with Crippen LogP contribution >= 0.6 is 0 Å². The smallest absolute Gasteiger partial charge is 0.181 e. The quantitative estimate of drug-likeness (QED) is 0.703. The highest BCUT2D eigenvalue weighted by Gasteiger charge is 2.18. The van der Waals surface area contributed by atoms with E-state index in [9.17, 15) is 0 Å². The summed E-state index contributed by atoms with van der Waals surface area (Å²) in [5.41, 5.74) is 3.43. The molecule has 0 bridgehead atoms. The highest BCUT2D eigenvalue weighted by molar-refractivity contribution is 5.48. The van der Waals surface area contributed by atoms with Gasteiger partial charge >= 0.3 is 0 Å². The number of rotatable bonds is 6. The summed E-state index contributed by atoms with van der Waals surface area (Å²) >= 11 is 0. The minimum Gasteiger partial charge on any atom is -0.448 e. The third kappa shape index (κ3) is 2.73. The first kappa shape index (κ1) is 15.0. The SMILES string of the molecule is C=CNC(C=C)c1ncoc1Cc1ncn2nc(C)nc2c1C. The number of nitrogens with one attached hydrogen (secondary N) is 1. The van der Waals surface area contributed by atoms with E-state index in [1.54, 1.807) is 23.1 Å². The highest BCUT2D eigenvalue weighted by atomic mass is 16.3. The molecular weight excluding hydrogens is 292 g/mol. The first-order valence-corrected chi connectivity index (χ1v) is 7.23. The molecule has 0 fully saturated rings. The van der Waals surface area contributed by atoms with Gasteiger partial charge in [-0.05, 0) is 20.0 Å². The standard InChI is InChI=1S/C16H18N6O/c1-5-12(17-6-2)15-14(23-9-19-15)7-13-10(3)16-20-11(4)21-22(16)8-18-13/h5-6,8-9,12,17H,1-2,7H2,3-4H3. The molecule has 7 nitrogen and oxygen atoms in total. The average Bonchev–Trinajstić information content (AvgIpc) is 3.14. The zero-order valence-electron chi connectivity index (χ0n) is 13.2. The molecule has 0 aliphatic heterocycles. The van der Waals surface area contributed by atoms with Gasteiger partial charge < -0.3 is 9.73 Å². The summed E-state index contributed by atoms with van der Waals surface area (Å²) in [6.45, 7) is 11.3. The molecule has 0 aliphatic rings. The third-order valence-electron chi connectivity index (χ3n) is 3.66. The van der Waals surface area contributed by atoms with E-state index in [0.717, 1.165) is 28.4 Å². The molecular formula is C16H18N6O. The maximum absolute atomic E-state index is 5.55. The predicted octanol–water partition coefficient (Wildman–Crippen LogP) is 2.28. The second-order valence-corrected chi connectivity index (χ2v) is 5.17. The Bertz CT molecular complexity index is 863. The van der Waals surface area contributed by atoms with Crippen molar-refractivity contribution in [3.63, 3.8) is 0 Å². The Morgan fingerprint density at radius 2 is 2.17 bits per heavy atom. The Balaban J connectivity index is 1.97. The van der Waals surface area contributed by atoms with Gasteiger partial charge in [0.05, 0.1) is 18.2 Å². The van der Waals surface area contributed by atoms with Gasteiger partial charge in [0, 0.05) is 5.56 Å². The molecule has 3 heterocycles. The molecule has 0 aromatic carbocycles. The van der Waals surface area contributed by atoms with Gasteiger partial charge in [-0.3, -0.25) is 0 Å². The van der Waals surface area contributed by atoms with Gasteiger partial charge in [0.1, 0.15) is 23.6 Å². The minimum absolute atomic E-state index is 0.152. The first-order chi connectivity index (χ1) is 11.1. The van der Waals surface area contributed by atoms with Crippen molar-refractivity contribution in [2.24, 2.45) is 0 Å². The van der Waals surface area contributed by atoms with E-state index < -0.39 is 0 Å². The van der Waals surface area contributed by atoms with Crippen molar-refractivity contribution in [2.75, 3.05) is 0 Å². The summed E-state index contributed by atoms with van der Waals surface area (Å²) in [4.78, 5) is 13.2. The summed E-state index contributed by atoms with van der Waals surface area (Å²) in [5.74, 6) is 1.45. The summed E-state index contributed by atoms with van der Waals surface area (Å²) in [7, 11) is 0. The number of aryl methyl sites for hydroxylation is 2. The number of hydrogen-bond donors (Lipinski definition) is 1. The van der Waals surface area contributed by atoms with E-state index in [2.05, 4.69) is 38.5 Å². The van der Waals surface area contributed by atoms with Gasteiger partial charge in [-0.25, -0.2) is 19.5 Å². The van der Waals surface area contributed by atoms with Crippen LogP contribution in [0, 0.1) is 13.8 Å². The normalized spacial score (nSPS) is 12.3. The largest absolute Gasteiger partial charge is 0.448 e. The third-order valence-corrected chi connectivity index (χ3v) is 3.66. The van der Waals surface area contributed by atoms with Crippen LogP contribution in [0.1, 0.15) is 34.6 Å². The molecule has 3 rings (SSSR count). The number of aromatic nitrogens is 5. The molecule has 0 spiro atoms. The zero-order chi connectivity index (χ0) is 16.4. The van der Waals surface area contributed by atoms with Crippen LogP contribution in [0.25, 0.3) is 5.65 Å². The zero-order valence-corrected chi connectivity index (χ0v) is 13.2. The Kier molecular flexibility index (Phi) is 3.92. The van der Waals surface area contributed by atoms with Crippen molar-refractivity contribution in [1.29, 1.82) is 0 Å². The van der Waals surface area contributed by atoms with Gasteiger partial charge in [0.15, 0.2) is 12.0 Å². The maximum Gasteiger partial charge on any atom is 0.181 e. The highest BCUT2D eigenvalue weighted by Crippen LogP contribution is 2.22. The fraction of sp³-hybridized carbons (Fsp3) is 0.250. The molecule has 3 aromatic heterocycles. The van der Waals surface area contributed by atoms with Crippen LogP contribution in [-0.2, 0) is 6.42 Å². The van der Waals surface area contributed by atoms with Crippen molar-refractivity contribution in [3.8, 4) is 0 Å². The van der Waals surface area contributed by atoms with E-state index >= 15 is 0 Å². The van der Waals surface area contributed by atoms with Gasteiger partial charge in [0.25, 0.3) is 0 Å². The van der Waals surface area contributed by atoms with Crippen molar-refractivity contribution in [3.05, 3.63) is 66.7 Å². The number of oxazole rings is 1. The second kappa shape index (κ2) is 6.04. The van der Waals surface area contributed by atoms with Crippen LogP contribution in [0.2, 0.25) is 0 Å². The molecule has 118 valence electrons. The van der Waals surface area contributed by atoms with Crippen molar-refractivity contribution in [1.82, 2.24) is 29.9 Å². The Labute approximate surface area is 133 Å². The first-order valence-electron chi connectivity index (χ1n) is 7.23. The topological polar surface area (TPSA) is 81.1 Å². The minimum atomic E-state index is -0.152. The van der Waals surface area contributed by atoms with Gasteiger partial charge in [0.2, 0.25) is 0 Å². The van der Waals surface area contributed by atoms with Crippen LogP contribution in [0.15, 0.2) is 42.6 Å². The number of nitrogens with zero attached hydrogens (tertiary/aromatic N) is 5. The molecule has 7 heteroatoms. The lowest BCUT2D eigenvalue weighted by molar-refractivity contribution is 0.506. The van der Waals surface area contributed by atoms with E-state index in [1.165, 1.54) is 6.39 Å². The lowest BCUT2D eigenvalue weighted by atomic mass is 10.1. The second-order valence-electron chi connectivity index (χ2n) is 5.17. The Hall–Kier alpha value is -2.96. The van der Waals surface area contributed by atoms with Gasteiger partial charge in [-0.1, -0.05) is 12.7 Å². The van der Waals surface area contributed by atoms with Crippen molar-refractivity contribution >= 4 is 5.65 Å². The molecule has 1 N–H and O–H groups in total. The fourth-order valence-electron chi connectivity index (χ4n) is 2.50. The van der Waals surface area contributed by atoms with E-state index in [4.69, 9.17) is 4.42 Å². The lowest BCUT2D eigenvalue weighted by Crippen LogP contribution is -2.14. The van der Waals surface area contributed by atoms with Gasteiger partial charge in [-0.15, -0.1) is 6.58 Å².